The van der Waals surface area contributed by atoms with Crippen molar-refractivity contribution in [2.45, 2.75) is 20.0 Å². The van der Waals surface area contributed by atoms with Crippen molar-refractivity contribution in [1.82, 2.24) is 0 Å². The van der Waals surface area contributed by atoms with Crippen LogP contribution in [-0.2, 0) is 0 Å². The zero-order chi connectivity index (χ0) is 12.6. The number of aryl methyl sites for hydroxylation is 2. The number of benzene rings is 1. The fourth-order valence-corrected chi connectivity index (χ4v) is 4.06. The van der Waals surface area contributed by atoms with E-state index in [9.17, 15) is 5.11 Å². The largest absolute Gasteiger partial charge is 0.383 e. The molecule has 90 valence electrons. The highest BCUT2D eigenvalue weighted by atomic mass is 79.9. The van der Waals surface area contributed by atoms with Gasteiger partial charge < -0.3 is 5.11 Å². The highest BCUT2D eigenvalue weighted by Crippen LogP contribution is 2.38. The molecule has 0 saturated carbocycles. The van der Waals surface area contributed by atoms with Crippen LogP contribution in [0.3, 0.4) is 0 Å². The van der Waals surface area contributed by atoms with E-state index in [0.29, 0.717) is 0 Å². The summed E-state index contributed by atoms with van der Waals surface area (Å²) in [6, 6.07) is 7.97. The summed E-state index contributed by atoms with van der Waals surface area (Å²) in [6.07, 6.45) is -0.586. The van der Waals surface area contributed by atoms with Crippen LogP contribution >= 0.6 is 43.2 Å². The summed E-state index contributed by atoms with van der Waals surface area (Å²) in [5, 5.41) is 10.4. The number of hydrogen-bond acceptors (Lipinski definition) is 2. The first-order valence-corrected chi connectivity index (χ1v) is 7.60. The third-order valence-electron chi connectivity index (χ3n) is 2.60. The normalized spacial score (nSPS) is 12.8. The van der Waals surface area contributed by atoms with Crippen LogP contribution in [0.15, 0.2) is 33.2 Å². The van der Waals surface area contributed by atoms with Gasteiger partial charge in [0.2, 0.25) is 0 Å². The number of halogens is 2. The summed E-state index contributed by atoms with van der Waals surface area (Å²) < 4.78 is 1.95. The molecule has 0 fully saturated rings. The minimum atomic E-state index is -0.586. The molecule has 0 bridgehead atoms. The van der Waals surface area contributed by atoms with Gasteiger partial charge in [-0.05, 0) is 41.4 Å². The van der Waals surface area contributed by atoms with E-state index in [1.807, 2.05) is 38.1 Å². The van der Waals surface area contributed by atoms with Crippen LogP contribution in [0.1, 0.15) is 27.0 Å². The van der Waals surface area contributed by atoms with E-state index in [4.69, 9.17) is 0 Å². The second-order valence-electron chi connectivity index (χ2n) is 3.95. The summed E-state index contributed by atoms with van der Waals surface area (Å²) >= 11 is 8.65. The van der Waals surface area contributed by atoms with Crippen molar-refractivity contribution in [2.75, 3.05) is 0 Å². The molecule has 0 spiro atoms. The van der Waals surface area contributed by atoms with Gasteiger partial charge >= 0.3 is 0 Å². The summed E-state index contributed by atoms with van der Waals surface area (Å²) in [7, 11) is 0. The third-order valence-corrected chi connectivity index (χ3v) is 5.71. The van der Waals surface area contributed by atoms with Gasteiger partial charge in [0, 0.05) is 19.4 Å². The van der Waals surface area contributed by atoms with Gasteiger partial charge in [0.25, 0.3) is 0 Å². The zero-order valence-electron chi connectivity index (χ0n) is 9.50. The Hall–Kier alpha value is -0.160. The number of thiophene rings is 1. The molecule has 4 heteroatoms. The van der Waals surface area contributed by atoms with Crippen LogP contribution in [0.2, 0.25) is 0 Å². The number of aliphatic hydroxyl groups is 1. The molecule has 0 aliphatic heterocycles. The lowest BCUT2D eigenvalue weighted by molar-refractivity contribution is 0.222. The van der Waals surface area contributed by atoms with Crippen LogP contribution in [0, 0.1) is 13.8 Å². The standard InChI is InChI=1S/C13H12Br2OS/c1-7-4-3-5-9(11(7)15)12(16)13-10(14)6-8(2)17-13/h3-6,12,16H,1-2H3. The van der Waals surface area contributed by atoms with Gasteiger partial charge in [-0.25, -0.2) is 0 Å². The van der Waals surface area contributed by atoms with Crippen LogP contribution in [0.5, 0.6) is 0 Å². The summed E-state index contributed by atoms with van der Waals surface area (Å²) in [5.41, 5.74) is 2.04. The Bertz CT molecular complexity index is 548. The van der Waals surface area contributed by atoms with Gasteiger partial charge in [0.15, 0.2) is 0 Å². The predicted molar refractivity (Wildman–Crippen MR) is 79.7 cm³/mol. The van der Waals surface area contributed by atoms with Crippen molar-refractivity contribution in [2.24, 2.45) is 0 Å². The molecule has 0 saturated heterocycles. The van der Waals surface area contributed by atoms with Crippen molar-refractivity contribution in [1.29, 1.82) is 0 Å². The average Bonchev–Trinajstić information content (AvgIpc) is 2.61. The Morgan fingerprint density at radius 1 is 1.24 bits per heavy atom. The van der Waals surface area contributed by atoms with E-state index in [1.165, 1.54) is 4.88 Å². The first-order valence-electron chi connectivity index (χ1n) is 5.19. The summed E-state index contributed by atoms with van der Waals surface area (Å²) in [5.74, 6) is 0. The molecule has 1 aromatic carbocycles. The molecule has 1 nitrogen and oxygen atoms in total. The first kappa shape index (κ1) is 13.3. The van der Waals surface area contributed by atoms with Crippen LogP contribution < -0.4 is 0 Å². The maximum Gasteiger partial charge on any atom is 0.115 e. The van der Waals surface area contributed by atoms with Crippen LogP contribution in [-0.4, -0.2) is 5.11 Å². The smallest absolute Gasteiger partial charge is 0.115 e. The van der Waals surface area contributed by atoms with Crippen molar-refractivity contribution in [3.8, 4) is 0 Å². The summed E-state index contributed by atoms with van der Waals surface area (Å²) in [6.45, 7) is 4.06. The van der Waals surface area contributed by atoms with Gasteiger partial charge in [0.05, 0.1) is 4.88 Å². The van der Waals surface area contributed by atoms with Gasteiger partial charge in [-0.1, -0.05) is 34.1 Å². The fraction of sp³-hybridized carbons (Fsp3) is 0.231. The quantitative estimate of drug-likeness (QED) is 0.785. The number of aliphatic hydroxyl groups excluding tert-OH is 1. The lowest BCUT2D eigenvalue weighted by atomic mass is 10.1. The molecule has 2 aromatic rings. The molecule has 1 aromatic heterocycles. The second kappa shape index (κ2) is 5.22. The van der Waals surface area contributed by atoms with E-state index in [-0.39, 0.29) is 0 Å². The molecule has 1 atom stereocenters. The van der Waals surface area contributed by atoms with E-state index in [0.717, 1.165) is 24.9 Å². The molecule has 1 N–H and O–H groups in total. The number of hydrogen-bond donors (Lipinski definition) is 1. The van der Waals surface area contributed by atoms with Gasteiger partial charge in [-0.15, -0.1) is 11.3 Å². The molecule has 17 heavy (non-hydrogen) atoms. The van der Waals surface area contributed by atoms with Crippen molar-refractivity contribution < 1.29 is 5.11 Å². The molecule has 0 amide bonds. The highest BCUT2D eigenvalue weighted by Gasteiger charge is 2.19. The van der Waals surface area contributed by atoms with Crippen LogP contribution in [0.4, 0.5) is 0 Å². The molecule has 0 radical (unpaired) electrons. The number of rotatable bonds is 2. The van der Waals surface area contributed by atoms with E-state index in [1.54, 1.807) is 11.3 Å². The molecule has 1 unspecified atom stereocenters. The van der Waals surface area contributed by atoms with E-state index in [2.05, 4.69) is 31.9 Å². The third kappa shape index (κ3) is 2.65. The van der Waals surface area contributed by atoms with Crippen LogP contribution in [0.25, 0.3) is 0 Å². The Kier molecular flexibility index (Phi) is 4.08. The first-order chi connectivity index (χ1) is 8.00. The Balaban J connectivity index is 2.47. The average molecular weight is 376 g/mol. The van der Waals surface area contributed by atoms with Gasteiger partial charge in [-0.2, -0.15) is 0 Å². The molecular weight excluding hydrogens is 364 g/mol. The SMILES string of the molecule is Cc1cc(Br)c(C(O)c2cccc(C)c2Br)s1. The van der Waals surface area contributed by atoms with E-state index < -0.39 is 6.10 Å². The molecule has 2 rings (SSSR count). The van der Waals surface area contributed by atoms with Gasteiger partial charge in [-0.3, -0.25) is 0 Å². The Labute approximate surface area is 122 Å². The van der Waals surface area contributed by atoms with E-state index >= 15 is 0 Å². The highest BCUT2D eigenvalue weighted by molar-refractivity contribution is 9.11. The van der Waals surface area contributed by atoms with Crippen molar-refractivity contribution in [3.63, 3.8) is 0 Å². The molecule has 1 heterocycles. The molecular formula is C13H12Br2OS. The minimum Gasteiger partial charge on any atom is -0.383 e. The molecule has 0 aliphatic rings. The second-order valence-corrected chi connectivity index (χ2v) is 6.89. The lowest BCUT2D eigenvalue weighted by Gasteiger charge is -2.13. The monoisotopic (exact) mass is 374 g/mol. The maximum absolute atomic E-state index is 10.4. The summed E-state index contributed by atoms with van der Waals surface area (Å²) in [4.78, 5) is 2.14. The fourth-order valence-electron chi connectivity index (χ4n) is 1.71. The van der Waals surface area contributed by atoms with Crippen molar-refractivity contribution >= 4 is 43.2 Å². The topological polar surface area (TPSA) is 20.2 Å². The minimum absolute atomic E-state index is 0.586. The Morgan fingerprint density at radius 2 is 1.94 bits per heavy atom. The maximum atomic E-state index is 10.4. The predicted octanol–water partition coefficient (Wildman–Crippen LogP) is 4.97. The zero-order valence-corrected chi connectivity index (χ0v) is 13.5. The molecule has 0 aliphatic carbocycles. The Morgan fingerprint density at radius 3 is 2.53 bits per heavy atom. The lowest BCUT2D eigenvalue weighted by Crippen LogP contribution is -1.99. The van der Waals surface area contributed by atoms with Crippen molar-refractivity contribution in [3.05, 3.63) is 54.1 Å². The van der Waals surface area contributed by atoms with Gasteiger partial charge in [0.1, 0.15) is 6.10 Å².